The van der Waals surface area contributed by atoms with Crippen LogP contribution in [0.25, 0.3) is 0 Å². The van der Waals surface area contributed by atoms with E-state index < -0.39 is 0 Å². The van der Waals surface area contributed by atoms with Gasteiger partial charge in [-0.15, -0.1) is 0 Å². The lowest BCUT2D eigenvalue weighted by Crippen LogP contribution is -2.34. The maximum atomic E-state index is 6.07. The van der Waals surface area contributed by atoms with Crippen molar-refractivity contribution in [3.8, 4) is 0 Å². The third-order valence-corrected chi connectivity index (χ3v) is 6.81. The van der Waals surface area contributed by atoms with E-state index in [4.69, 9.17) is 19.5 Å². The molecule has 4 aliphatic rings. The summed E-state index contributed by atoms with van der Waals surface area (Å²) in [5, 5.41) is 0. The Bertz CT molecular complexity index is 482. The SMILES string of the molecule is CC(C)(C1=N[C@@H](C2CCCCC2)CO1)C1=N[C@@H](C2CCCCC2)CO1. The molecule has 0 aromatic carbocycles. The van der Waals surface area contributed by atoms with E-state index in [0.717, 1.165) is 25.0 Å². The van der Waals surface area contributed by atoms with E-state index in [1.54, 1.807) is 0 Å². The van der Waals surface area contributed by atoms with Crippen molar-refractivity contribution in [2.75, 3.05) is 13.2 Å². The third-order valence-electron chi connectivity index (χ3n) is 6.81. The molecule has 2 atom stereocenters. The molecule has 2 aliphatic heterocycles. The molecule has 2 heterocycles. The molecular weight excluding hydrogens is 312 g/mol. The van der Waals surface area contributed by atoms with Gasteiger partial charge in [0.05, 0.1) is 12.1 Å². The van der Waals surface area contributed by atoms with E-state index in [-0.39, 0.29) is 5.41 Å². The molecule has 0 aromatic heterocycles. The van der Waals surface area contributed by atoms with Crippen molar-refractivity contribution in [3.05, 3.63) is 0 Å². The molecule has 0 bridgehead atoms. The Balaban J connectivity index is 1.44. The lowest BCUT2D eigenvalue weighted by atomic mass is 9.84. The summed E-state index contributed by atoms with van der Waals surface area (Å²) in [6.45, 7) is 5.83. The Hall–Kier alpha value is -1.06. The smallest absolute Gasteiger partial charge is 0.199 e. The van der Waals surface area contributed by atoms with E-state index >= 15 is 0 Å². The molecule has 0 saturated heterocycles. The van der Waals surface area contributed by atoms with Crippen LogP contribution < -0.4 is 0 Å². The summed E-state index contributed by atoms with van der Waals surface area (Å²) in [5.41, 5.74) is -0.327. The molecule has 0 spiro atoms. The fourth-order valence-electron chi connectivity index (χ4n) is 5.07. The standard InChI is InChI=1S/C21H34N2O2/c1-21(2,19-22-17(13-24-19)15-9-5-3-6-10-15)20-23-18(14-25-20)16-11-7-4-8-12-16/h15-18H,3-14H2,1-2H3/t17-,18-/m1/s1. The highest BCUT2D eigenvalue weighted by atomic mass is 16.5. The average molecular weight is 347 g/mol. The van der Waals surface area contributed by atoms with Crippen LogP contribution in [0.2, 0.25) is 0 Å². The van der Waals surface area contributed by atoms with Gasteiger partial charge in [0.15, 0.2) is 11.8 Å². The second-order valence-electron chi connectivity index (χ2n) is 9.05. The maximum Gasteiger partial charge on any atom is 0.199 e. The first-order valence-corrected chi connectivity index (χ1v) is 10.6. The van der Waals surface area contributed by atoms with Crippen LogP contribution in [0.3, 0.4) is 0 Å². The van der Waals surface area contributed by atoms with Crippen LogP contribution >= 0.6 is 0 Å². The lowest BCUT2D eigenvalue weighted by Gasteiger charge is -2.24. The Morgan fingerprint density at radius 1 is 0.680 bits per heavy atom. The Labute approximate surface area is 152 Å². The number of nitrogens with zero attached hydrogens (tertiary/aromatic N) is 2. The fourth-order valence-corrected chi connectivity index (χ4v) is 5.07. The van der Waals surface area contributed by atoms with Crippen molar-refractivity contribution in [2.45, 2.75) is 90.1 Å². The Morgan fingerprint density at radius 3 is 1.48 bits per heavy atom. The van der Waals surface area contributed by atoms with Gasteiger partial charge < -0.3 is 9.47 Å². The van der Waals surface area contributed by atoms with Crippen molar-refractivity contribution in [1.29, 1.82) is 0 Å². The molecule has 0 unspecified atom stereocenters. The quantitative estimate of drug-likeness (QED) is 0.736. The molecule has 0 radical (unpaired) electrons. The first kappa shape index (κ1) is 17.4. The van der Waals surface area contributed by atoms with Crippen molar-refractivity contribution in [3.63, 3.8) is 0 Å². The molecule has 2 fully saturated rings. The van der Waals surface area contributed by atoms with Crippen LogP contribution in [0.1, 0.15) is 78.1 Å². The predicted molar refractivity (Wildman–Crippen MR) is 101 cm³/mol. The van der Waals surface area contributed by atoms with Crippen LogP contribution in [0.15, 0.2) is 9.98 Å². The predicted octanol–water partition coefficient (Wildman–Crippen LogP) is 4.77. The summed E-state index contributed by atoms with van der Waals surface area (Å²) < 4.78 is 12.1. The molecule has 4 heteroatoms. The highest BCUT2D eigenvalue weighted by Crippen LogP contribution is 2.36. The normalized spacial score (nSPS) is 32.1. The van der Waals surface area contributed by atoms with Crippen LogP contribution in [-0.4, -0.2) is 37.1 Å². The van der Waals surface area contributed by atoms with Crippen LogP contribution in [0.4, 0.5) is 0 Å². The van der Waals surface area contributed by atoms with Crippen molar-refractivity contribution < 1.29 is 9.47 Å². The van der Waals surface area contributed by atoms with E-state index in [9.17, 15) is 0 Å². The molecule has 2 aliphatic carbocycles. The second kappa shape index (κ2) is 7.28. The van der Waals surface area contributed by atoms with Gasteiger partial charge in [0.1, 0.15) is 18.6 Å². The van der Waals surface area contributed by atoms with Gasteiger partial charge in [0.25, 0.3) is 0 Å². The average Bonchev–Trinajstić information content (AvgIpc) is 3.34. The van der Waals surface area contributed by atoms with Crippen molar-refractivity contribution in [1.82, 2.24) is 0 Å². The summed E-state index contributed by atoms with van der Waals surface area (Å²) in [7, 11) is 0. The van der Waals surface area contributed by atoms with E-state index in [1.807, 2.05) is 0 Å². The molecular formula is C21H34N2O2. The Kier molecular flexibility index (Phi) is 5.06. The van der Waals surface area contributed by atoms with Crippen molar-refractivity contribution >= 4 is 11.8 Å². The van der Waals surface area contributed by atoms with Gasteiger partial charge in [-0.25, -0.2) is 9.98 Å². The number of aliphatic imine (C=N–C) groups is 2. The van der Waals surface area contributed by atoms with Gasteiger partial charge in [-0.05, 0) is 51.4 Å². The molecule has 0 aromatic rings. The number of hydrogen-bond acceptors (Lipinski definition) is 4. The van der Waals surface area contributed by atoms with Gasteiger partial charge in [0.2, 0.25) is 0 Å². The largest absolute Gasteiger partial charge is 0.478 e. The Morgan fingerprint density at radius 2 is 1.08 bits per heavy atom. The van der Waals surface area contributed by atoms with E-state index in [1.165, 1.54) is 64.2 Å². The first-order chi connectivity index (χ1) is 12.1. The van der Waals surface area contributed by atoms with Gasteiger partial charge >= 0.3 is 0 Å². The zero-order valence-electron chi connectivity index (χ0n) is 16.0. The molecule has 25 heavy (non-hydrogen) atoms. The third kappa shape index (κ3) is 3.59. The second-order valence-corrected chi connectivity index (χ2v) is 9.05. The van der Waals surface area contributed by atoms with Crippen LogP contribution in [-0.2, 0) is 9.47 Å². The summed E-state index contributed by atoms with van der Waals surface area (Å²) >= 11 is 0. The maximum absolute atomic E-state index is 6.07. The fraction of sp³-hybridized carbons (Fsp3) is 0.905. The van der Waals surface area contributed by atoms with Gasteiger partial charge in [-0.3, -0.25) is 0 Å². The van der Waals surface area contributed by atoms with Gasteiger partial charge in [-0.2, -0.15) is 0 Å². The molecule has 0 N–H and O–H groups in total. The van der Waals surface area contributed by atoms with Crippen LogP contribution in [0.5, 0.6) is 0 Å². The number of hydrogen-bond donors (Lipinski definition) is 0. The van der Waals surface area contributed by atoms with Crippen LogP contribution in [0, 0.1) is 17.3 Å². The summed E-state index contributed by atoms with van der Waals surface area (Å²) in [4.78, 5) is 10.00. The zero-order chi connectivity index (χ0) is 17.3. The summed E-state index contributed by atoms with van der Waals surface area (Å²) in [6, 6.07) is 0.705. The molecule has 0 amide bonds. The first-order valence-electron chi connectivity index (χ1n) is 10.6. The molecule has 4 rings (SSSR count). The zero-order valence-corrected chi connectivity index (χ0v) is 16.0. The number of ether oxygens (including phenoxy) is 2. The minimum atomic E-state index is -0.327. The lowest BCUT2D eigenvalue weighted by molar-refractivity contribution is 0.219. The van der Waals surface area contributed by atoms with Gasteiger partial charge in [-0.1, -0.05) is 38.5 Å². The summed E-state index contributed by atoms with van der Waals surface area (Å²) in [5.74, 6) is 3.13. The molecule has 140 valence electrons. The minimum absolute atomic E-state index is 0.327. The van der Waals surface area contributed by atoms with Gasteiger partial charge in [0, 0.05) is 0 Å². The molecule has 4 nitrogen and oxygen atoms in total. The summed E-state index contributed by atoms with van der Waals surface area (Å²) in [6.07, 6.45) is 13.4. The highest BCUT2D eigenvalue weighted by molar-refractivity contribution is 6.05. The van der Waals surface area contributed by atoms with E-state index in [0.29, 0.717) is 23.9 Å². The topological polar surface area (TPSA) is 43.2 Å². The minimum Gasteiger partial charge on any atom is -0.478 e. The monoisotopic (exact) mass is 346 g/mol. The van der Waals surface area contributed by atoms with Crippen molar-refractivity contribution in [2.24, 2.45) is 27.2 Å². The highest BCUT2D eigenvalue weighted by Gasteiger charge is 2.43. The van der Waals surface area contributed by atoms with E-state index in [2.05, 4.69) is 13.8 Å². The number of rotatable bonds is 4. The molecule has 2 saturated carbocycles.